The van der Waals surface area contributed by atoms with Crippen LogP contribution in [-0.4, -0.2) is 55.3 Å². The second-order valence-electron chi connectivity index (χ2n) is 3.18. The smallest absolute Gasteiger partial charge is 0.412 e. The van der Waals surface area contributed by atoms with Gasteiger partial charge in [-0.05, 0) is 0 Å². The number of hydrogen-bond donors (Lipinski definition) is 4. The maximum Gasteiger partial charge on any atom is -0.412 e. The molecule has 0 aromatic rings. The molecule has 0 rings (SSSR count). The molecular formula is C12H29O10Ti. The zero-order chi connectivity index (χ0) is 18.4. The summed E-state index contributed by atoms with van der Waals surface area (Å²) < 4.78 is 1.34. The van der Waals surface area contributed by atoms with Crippen LogP contribution in [0.25, 0.3) is 0 Å². The summed E-state index contributed by atoms with van der Waals surface area (Å²) in [5.74, 6) is -3.33. The minimum Gasteiger partial charge on any atom is -0.412 e. The molecule has 0 aliphatic rings. The fourth-order valence-corrected chi connectivity index (χ4v) is 0.729. The van der Waals surface area contributed by atoms with Crippen molar-refractivity contribution in [2.45, 2.75) is 52.2 Å². The Hall–Kier alpha value is -1.49. The third-order valence-electron chi connectivity index (χ3n) is 0.530. The van der Waals surface area contributed by atoms with E-state index >= 15 is 0 Å². The van der Waals surface area contributed by atoms with Crippen LogP contribution in [0.5, 0.6) is 0 Å². The molecule has 11 heteroatoms. The number of unbranched alkanes of at least 4 members (excludes halogenated alkanes) is 1. The molecule has 141 valence electrons. The number of carboxylic acid groups (broad SMARTS) is 4. The van der Waals surface area contributed by atoms with E-state index in [0.29, 0.717) is 0 Å². The van der Waals surface area contributed by atoms with Gasteiger partial charge in [0.05, 0.1) is 0 Å². The van der Waals surface area contributed by atoms with Crippen LogP contribution in [0, 0.1) is 0 Å². The number of carboxylic acids is 4. The predicted octanol–water partition coefficient (Wildman–Crippen LogP) is 0.466. The van der Waals surface area contributed by atoms with E-state index in [1.54, 1.807) is 0 Å². The molecule has 8 N–H and O–H groups in total. The van der Waals surface area contributed by atoms with Gasteiger partial charge in [-0.25, -0.2) is 0 Å². The molecule has 0 amide bonds. The summed E-state index contributed by atoms with van der Waals surface area (Å²) in [6, 6.07) is 0. The molecule has 10 nitrogen and oxygen atoms in total. The Morgan fingerprint density at radius 3 is 0.826 bits per heavy atom. The van der Waals surface area contributed by atoms with Crippen LogP contribution in [0.2, 0.25) is 4.73 Å². The largest absolute Gasteiger partial charge is 0.412 e. The standard InChI is InChI=1S/C4H9.4C2H4O2.2H2O.Ti/c1-3-4-2;4*1-2(3)4;;;/h1,3-4H2,2H3;4*1H3,(H,3,4);2*1H2;. The van der Waals surface area contributed by atoms with Gasteiger partial charge in [-0.1, -0.05) is 0 Å². The first kappa shape index (κ1) is 43.0. The van der Waals surface area contributed by atoms with Gasteiger partial charge in [-0.15, -0.1) is 0 Å². The number of carbonyl (C=O) groups is 4. The van der Waals surface area contributed by atoms with Crippen LogP contribution < -0.4 is 0 Å². The number of hydrogen-bond acceptors (Lipinski definition) is 4. The van der Waals surface area contributed by atoms with Crippen molar-refractivity contribution in [2.75, 3.05) is 0 Å². The van der Waals surface area contributed by atoms with Crippen molar-refractivity contribution < 1.29 is 71.0 Å². The van der Waals surface area contributed by atoms with E-state index in [1.807, 2.05) is 0 Å². The van der Waals surface area contributed by atoms with Crippen LogP contribution in [0.4, 0.5) is 0 Å². The van der Waals surface area contributed by atoms with E-state index in [-0.39, 0.29) is 11.0 Å². The van der Waals surface area contributed by atoms with E-state index in [1.165, 1.54) is 17.6 Å². The molecule has 0 radical (unpaired) electrons. The Balaban J connectivity index is -0.0000000273. The predicted molar refractivity (Wildman–Crippen MR) is 80.2 cm³/mol. The van der Waals surface area contributed by atoms with Crippen molar-refractivity contribution in [1.29, 1.82) is 0 Å². The van der Waals surface area contributed by atoms with Crippen LogP contribution in [-0.2, 0) is 39.6 Å². The Morgan fingerprint density at radius 1 is 0.696 bits per heavy atom. The molecular weight excluding hydrogens is 352 g/mol. The topological polar surface area (TPSA) is 212 Å². The maximum absolute atomic E-state index is 9.00. The molecule has 0 aliphatic heterocycles. The third kappa shape index (κ3) is 26600. The SMILES string of the molecule is CC(=O)O.CC(=O)O.CC(=O)O.CC(=O)O.CCC[CH2][Ti].O.O. The molecule has 0 saturated heterocycles. The molecule has 0 unspecified atom stereocenters. The normalized spacial score (nSPS) is 6.09. The van der Waals surface area contributed by atoms with Gasteiger partial charge in [-0.2, -0.15) is 0 Å². The van der Waals surface area contributed by atoms with Crippen molar-refractivity contribution >= 4 is 23.9 Å². The summed E-state index contributed by atoms with van der Waals surface area (Å²) in [5, 5.41) is 29.7. The first-order valence-electron chi connectivity index (χ1n) is 5.77. The van der Waals surface area contributed by atoms with Gasteiger partial charge in [0, 0.05) is 27.7 Å². The van der Waals surface area contributed by atoms with E-state index < -0.39 is 23.9 Å². The summed E-state index contributed by atoms with van der Waals surface area (Å²) in [5.41, 5.74) is 0. The number of rotatable bonds is 2. The average Bonchev–Trinajstić information content (AvgIpc) is 2.14. The molecule has 0 aromatic heterocycles. The minimum atomic E-state index is -0.833. The average molecular weight is 381 g/mol. The monoisotopic (exact) mass is 381 g/mol. The quantitative estimate of drug-likeness (QED) is 0.492. The van der Waals surface area contributed by atoms with E-state index in [9.17, 15) is 0 Å². The molecule has 0 fully saturated rings. The maximum atomic E-state index is 9.00. The van der Waals surface area contributed by atoms with Crippen LogP contribution in [0.1, 0.15) is 47.5 Å². The first-order valence-corrected chi connectivity index (χ1v) is 6.88. The van der Waals surface area contributed by atoms with Gasteiger partial charge in [0.1, 0.15) is 0 Å². The van der Waals surface area contributed by atoms with Gasteiger partial charge in [-0.3, -0.25) is 19.2 Å². The molecule has 0 bridgehead atoms. The van der Waals surface area contributed by atoms with E-state index in [4.69, 9.17) is 39.6 Å². The van der Waals surface area contributed by atoms with Crippen LogP contribution >= 0.6 is 0 Å². The molecule has 0 atom stereocenters. The summed E-state index contributed by atoms with van der Waals surface area (Å²) in [7, 11) is 0. The Bertz CT molecular complexity index is 203. The van der Waals surface area contributed by atoms with Gasteiger partial charge >= 0.3 is 44.9 Å². The summed E-state index contributed by atoms with van der Waals surface area (Å²) in [6.45, 7) is 6.55. The fourth-order valence-electron chi connectivity index (χ4n) is 0.177. The van der Waals surface area contributed by atoms with Gasteiger partial charge in [0.2, 0.25) is 0 Å². The van der Waals surface area contributed by atoms with Crippen LogP contribution in [0.3, 0.4) is 0 Å². The summed E-state index contributed by atoms with van der Waals surface area (Å²) in [4.78, 5) is 36.0. The zero-order valence-corrected chi connectivity index (χ0v) is 15.6. The molecule has 0 saturated carbocycles. The molecule has 0 heterocycles. The third-order valence-corrected chi connectivity index (χ3v) is 1.08. The van der Waals surface area contributed by atoms with Crippen molar-refractivity contribution in [3.63, 3.8) is 0 Å². The van der Waals surface area contributed by atoms with Gasteiger partial charge < -0.3 is 31.4 Å². The Morgan fingerprint density at radius 2 is 0.826 bits per heavy atom. The van der Waals surface area contributed by atoms with E-state index in [2.05, 4.69) is 27.4 Å². The minimum absolute atomic E-state index is 0. The van der Waals surface area contributed by atoms with Crippen molar-refractivity contribution in [3.8, 4) is 0 Å². The first-order chi connectivity index (χ1) is 9.34. The zero-order valence-electron chi connectivity index (χ0n) is 14.0. The van der Waals surface area contributed by atoms with Gasteiger partial charge in [0.25, 0.3) is 23.9 Å². The Kier molecular flexibility index (Phi) is 79.9. The fraction of sp³-hybridized carbons (Fsp3) is 0.667. The van der Waals surface area contributed by atoms with Crippen molar-refractivity contribution in [2.24, 2.45) is 0 Å². The van der Waals surface area contributed by atoms with E-state index in [0.717, 1.165) is 27.7 Å². The molecule has 23 heavy (non-hydrogen) atoms. The van der Waals surface area contributed by atoms with Gasteiger partial charge in [0.15, 0.2) is 0 Å². The summed E-state index contributed by atoms with van der Waals surface area (Å²) in [6.07, 6.45) is 2.73. The molecule has 0 aliphatic carbocycles. The Labute approximate surface area is 147 Å². The molecule has 0 spiro atoms. The molecule has 0 aromatic carbocycles. The summed E-state index contributed by atoms with van der Waals surface area (Å²) >= 11 is 2.21. The van der Waals surface area contributed by atoms with Crippen molar-refractivity contribution in [1.82, 2.24) is 0 Å². The second kappa shape index (κ2) is 42.8. The van der Waals surface area contributed by atoms with Crippen molar-refractivity contribution in [3.05, 3.63) is 0 Å². The van der Waals surface area contributed by atoms with Crippen LogP contribution in [0.15, 0.2) is 0 Å². The second-order valence-corrected chi connectivity index (χ2v) is 3.96. The number of aliphatic carboxylic acids is 4.